The molecule has 0 saturated carbocycles. The minimum absolute atomic E-state index is 0.0409. The van der Waals surface area contributed by atoms with Crippen molar-refractivity contribution in [1.82, 2.24) is 10.6 Å². The van der Waals surface area contributed by atoms with E-state index in [4.69, 9.17) is 4.74 Å². The molecule has 0 radical (unpaired) electrons. The third-order valence-electron chi connectivity index (χ3n) is 3.92. The summed E-state index contributed by atoms with van der Waals surface area (Å²) in [5.41, 5.74) is 0.0916. The lowest BCUT2D eigenvalue weighted by molar-refractivity contribution is -0.158. The van der Waals surface area contributed by atoms with E-state index in [1.54, 1.807) is 19.9 Å². The molecule has 2 atom stereocenters. The smallest absolute Gasteiger partial charge is 0.321 e. The lowest BCUT2D eigenvalue weighted by Crippen LogP contribution is -2.47. The van der Waals surface area contributed by atoms with E-state index in [9.17, 15) is 23.6 Å². The van der Waals surface area contributed by atoms with Gasteiger partial charge in [-0.2, -0.15) is 0 Å². The summed E-state index contributed by atoms with van der Waals surface area (Å²) in [6.07, 6.45) is -1.36. The van der Waals surface area contributed by atoms with E-state index < -0.39 is 41.7 Å². The molecule has 0 unspecified atom stereocenters. The van der Waals surface area contributed by atoms with Gasteiger partial charge in [-0.25, -0.2) is 9.18 Å². The number of ether oxygens (including phenoxy) is 1. The fourth-order valence-corrected chi connectivity index (χ4v) is 2.60. The summed E-state index contributed by atoms with van der Waals surface area (Å²) < 4.78 is 18.9. The van der Waals surface area contributed by atoms with E-state index in [0.717, 1.165) is 0 Å². The molecular formula is C18H22FN3O5. The number of rotatable bonds is 5. The molecule has 1 aliphatic heterocycles. The molecule has 4 amide bonds. The van der Waals surface area contributed by atoms with Crippen molar-refractivity contribution in [2.45, 2.75) is 39.3 Å². The van der Waals surface area contributed by atoms with Gasteiger partial charge in [0.1, 0.15) is 5.82 Å². The molecule has 0 spiro atoms. The predicted octanol–water partition coefficient (Wildman–Crippen LogP) is 1.34. The highest BCUT2D eigenvalue weighted by atomic mass is 19.1. The number of nitrogens with one attached hydrogen (secondary N) is 2. The number of urea groups is 1. The first-order valence-corrected chi connectivity index (χ1v) is 8.55. The Morgan fingerprint density at radius 2 is 1.89 bits per heavy atom. The van der Waals surface area contributed by atoms with Crippen molar-refractivity contribution in [3.8, 4) is 0 Å². The fraction of sp³-hybridized carbons (Fsp3) is 0.444. The first kappa shape index (κ1) is 20.3. The standard InChI is InChI=1S/C18H22FN3O5/c1-10(2)20-18(26)21-16(24)11(3)27-17(25)12-8-15(23)22(9-12)14-7-5-4-6-13(14)19/h4-7,10-12H,8-9H2,1-3H3,(H2,20,21,24,26)/t11-,12-/m0/s1. The van der Waals surface area contributed by atoms with Crippen LogP contribution in [0.15, 0.2) is 24.3 Å². The number of benzene rings is 1. The highest BCUT2D eigenvalue weighted by Crippen LogP contribution is 2.28. The van der Waals surface area contributed by atoms with Crippen molar-refractivity contribution in [2.24, 2.45) is 5.92 Å². The number of carbonyl (C=O) groups excluding carboxylic acids is 4. The van der Waals surface area contributed by atoms with Crippen molar-refractivity contribution in [3.63, 3.8) is 0 Å². The Hall–Kier alpha value is -2.97. The van der Waals surface area contributed by atoms with Crippen LogP contribution in [-0.4, -0.2) is 42.5 Å². The number of hydrogen-bond donors (Lipinski definition) is 2. The molecule has 2 N–H and O–H groups in total. The minimum atomic E-state index is -1.21. The summed E-state index contributed by atoms with van der Waals surface area (Å²) >= 11 is 0. The van der Waals surface area contributed by atoms with E-state index in [-0.39, 0.29) is 24.7 Å². The molecule has 1 aliphatic rings. The van der Waals surface area contributed by atoms with E-state index in [2.05, 4.69) is 10.6 Å². The lowest BCUT2D eigenvalue weighted by atomic mass is 10.1. The number of esters is 1. The summed E-state index contributed by atoms with van der Waals surface area (Å²) in [4.78, 5) is 49.0. The summed E-state index contributed by atoms with van der Waals surface area (Å²) in [7, 11) is 0. The monoisotopic (exact) mass is 379 g/mol. The van der Waals surface area contributed by atoms with Gasteiger partial charge in [-0.1, -0.05) is 12.1 Å². The number of para-hydroxylation sites is 1. The molecular weight excluding hydrogens is 357 g/mol. The van der Waals surface area contributed by atoms with E-state index in [1.165, 1.54) is 30.0 Å². The number of anilines is 1. The van der Waals surface area contributed by atoms with Gasteiger partial charge in [0.2, 0.25) is 5.91 Å². The van der Waals surface area contributed by atoms with Crippen molar-refractivity contribution in [1.29, 1.82) is 0 Å². The Kier molecular flexibility index (Phi) is 6.49. The van der Waals surface area contributed by atoms with Crippen LogP contribution < -0.4 is 15.5 Å². The Morgan fingerprint density at radius 1 is 1.22 bits per heavy atom. The van der Waals surface area contributed by atoms with E-state index >= 15 is 0 Å². The third kappa shape index (κ3) is 5.25. The molecule has 0 bridgehead atoms. The first-order chi connectivity index (χ1) is 12.7. The molecule has 1 fully saturated rings. The minimum Gasteiger partial charge on any atom is -0.452 e. The van der Waals surface area contributed by atoms with Crippen LogP contribution in [-0.2, 0) is 19.1 Å². The van der Waals surface area contributed by atoms with Crippen LogP contribution in [0.5, 0.6) is 0 Å². The molecule has 1 heterocycles. The lowest BCUT2D eigenvalue weighted by Gasteiger charge is -2.18. The van der Waals surface area contributed by atoms with Crippen LogP contribution in [0, 0.1) is 11.7 Å². The topological polar surface area (TPSA) is 105 Å². The summed E-state index contributed by atoms with van der Waals surface area (Å²) in [6.45, 7) is 4.74. The zero-order valence-electron chi connectivity index (χ0n) is 15.3. The normalized spacial score (nSPS) is 17.6. The summed E-state index contributed by atoms with van der Waals surface area (Å²) in [5, 5.41) is 4.54. The Bertz CT molecular complexity index is 752. The Balaban J connectivity index is 1.93. The number of hydrogen-bond acceptors (Lipinski definition) is 5. The van der Waals surface area contributed by atoms with Crippen molar-refractivity contribution >= 4 is 29.5 Å². The molecule has 8 nitrogen and oxygen atoms in total. The number of amides is 4. The third-order valence-corrected chi connectivity index (χ3v) is 3.92. The molecule has 2 rings (SSSR count). The van der Waals surface area contributed by atoms with Crippen LogP contribution in [0.3, 0.4) is 0 Å². The second-order valence-corrected chi connectivity index (χ2v) is 6.55. The molecule has 146 valence electrons. The molecule has 0 aliphatic carbocycles. The van der Waals surface area contributed by atoms with Gasteiger partial charge in [-0.05, 0) is 32.9 Å². The molecule has 1 aromatic carbocycles. The van der Waals surface area contributed by atoms with Gasteiger partial charge in [-0.3, -0.25) is 19.7 Å². The van der Waals surface area contributed by atoms with Crippen molar-refractivity contribution in [3.05, 3.63) is 30.1 Å². The van der Waals surface area contributed by atoms with Crippen LogP contribution >= 0.6 is 0 Å². The number of nitrogens with zero attached hydrogens (tertiary/aromatic N) is 1. The quantitative estimate of drug-likeness (QED) is 0.752. The van der Waals surface area contributed by atoms with Crippen LogP contribution in [0.1, 0.15) is 27.2 Å². The second-order valence-electron chi connectivity index (χ2n) is 6.55. The predicted molar refractivity (Wildman–Crippen MR) is 94.2 cm³/mol. The number of imide groups is 1. The Labute approximate surface area is 156 Å². The van der Waals surface area contributed by atoms with E-state index in [1.807, 2.05) is 0 Å². The molecule has 0 aromatic heterocycles. The van der Waals surface area contributed by atoms with Gasteiger partial charge >= 0.3 is 12.0 Å². The second kappa shape index (κ2) is 8.61. The van der Waals surface area contributed by atoms with Crippen LogP contribution in [0.4, 0.5) is 14.9 Å². The first-order valence-electron chi connectivity index (χ1n) is 8.55. The number of halogens is 1. The van der Waals surface area contributed by atoms with Crippen LogP contribution in [0.2, 0.25) is 0 Å². The SMILES string of the molecule is CC(C)NC(=O)NC(=O)[C@H](C)OC(=O)[C@H]1CC(=O)N(c2ccccc2F)C1. The molecule has 9 heteroatoms. The summed E-state index contributed by atoms with van der Waals surface area (Å²) in [6, 6.07) is 4.91. The Morgan fingerprint density at radius 3 is 2.52 bits per heavy atom. The number of carbonyl (C=O) groups is 4. The largest absolute Gasteiger partial charge is 0.452 e. The van der Waals surface area contributed by atoms with E-state index in [0.29, 0.717) is 0 Å². The zero-order valence-corrected chi connectivity index (χ0v) is 15.3. The summed E-state index contributed by atoms with van der Waals surface area (Å²) in [5.74, 6) is -3.33. The van der Waals surface area contributed by atoms with Gasteiger partial charge in [0.15, 0.2) is 6.10 Å². The average Bonchev–Trinajstić information content (AvgIpc) is 2.96. The van der Waals surface area contributed by atoms with Gasteiger partial charge in [0, 0.05) is 19.0 Å². The zero-order chi connectivity index (χ0) is 20.1. The van der Waals surface area contributed by atoms with Gasteiger partial charge < -0.3 is 15.0 Å². The maximum absolute atomic E-state index is 13.9. The van der Waals surface area contributed by atoms with Crippen molar-refractivity contribution < 1.29 is 28.3 Å². The maximum Gasteiger partial charge on any atom is 0.321 e. The highest BCUT2D eigenvalue weighted by Gasteiger charge is 2.38. The molecule has 27 heavy (non-hydrogen) atoms. The highest BCUT2D eigenvalue weighted by molar-refractivity contribution is 6.00. The van der Waals surface area contributed by atoms with Gasteiger partial charge in [0.25, 0.3) is 5.91 Å². The molecule has 1 aromatic rings. The van der Waals surface area contributed by atoms with Gasteiger partial charge in [-0.15, -0.1) is 0 Å². The fourth-order valence-electron chi connectivity index (χ4n) is 2.60. The van der Waals surface area contributed by atoms with Gasteiger partial charge in [0.05, 0.1) is 11.6 Å². The molecule has 1 saturated heterocycles. The van der Waals surface area contributed by atoms with Crippen molar-refractivity contribution in [2.75, 3.05) is 11.4 Å². The average molecular weight is 379 g/mol. The maximum atomic E-state index is 13.9. The van der Waals surface area contributed by atoms with Crippen LogP contribution in [0.25, 0.3) is 0 Å².